The third kappa shape index (κ3) is 14.2. The first kappa shape index (κ1) is 16.2. The predicted octanol–water partition coefficient (Wildman–Crippen LogP) is 6.06. The highest BCUT2D eigenvalue weighted by Gasteiger charge is 1.84. The summed E-state index contributed by atoms with van der Waals surface area (Å²) in [6.45, 7) is 2.25. The van der Waals surface area contributed by atoms with Crippen LogP contribution in [0.25, 0.3) is 0 Å². The monoisotopic (exact) mass is 334 g/mol. The molecule has 0 N–H and O–H groups in total. The van der Waals surface area contributed by atoms with Crippen LogP contribution < -0.4 is 0 Å². The minimum absolute atomic E-state index is 1.12. The summed E-state index contributed by atoms with van der Waals surface area (Å²) in [6, 6.07) is 0. The molecule has 0 heterocycles. The van der Waals surface area contributed by atoms with Crippen molar-refractivity contribution in [3.05, 3.63) is 24.3 Å². The number of alkyl halides is 1. The summed E-state index contributed by atoms with van der Waals surface area (Å²) in [7, 11) is 0. The summed E-state index contributed by atoms with van der Waals surface area (Å²) >= 11 is 2.45. The van der Waals surface area contributed by atoms with E-state index in [1.807, 2.05) is 0 Å². The first-order valence-electron chi connectivity index (χ1n) is 6.77. The van der Waals surface area contributed by atoms with Gasteiger partial charge in [0, 0.05) is 0 Å². The largest absolute Gasteiger partial charge is 0.0882 e. The summed E-state index contributed by atoms with van der Waals surface area (Å²) < 4.78 is 1.31. The van der Waals surface area contributed by atoms with Gasteiger partial charge in [0.25, 0.3) is 0 Å². The molecule has 94 valence electrons. The zero-order valence-corrected chi connectivity index (χ0v) is 12.9. The van der Waals surface area contributed by atoms with Crippen molar-refractivity contribution in [1.82, 2.24) is 0 Å². The second-order valence-electron chi connectivity index (χ2n) is 4.21. The van der Waals surface area contributed by atoms with E-state index in [4.69, 9.17) is 0 Å². The molecular formula is C15H27I. The highest BCUT2D eigenvalue weighted by Crippen LogP contribution is 2.04. The van der Waals surface area contributed by atoms with E-state index in [1.165, 1.54) is 55.8 Å². The van der Waals surface area contributed by atoms with Crippen molar-refractivity contribution < 1.29 is 0 Å². The highest BCUT2D eigenvalue weighted by molar-refractivity contribution is 14.1. The topological polar surface area (TPSA) is 0 Å². The molecular weight excluding hydrogens is 307 g/mol. The summed E-state index contributed by atoms with van der Waals surface area (Å²) in [5.74, 6) is 0. The van der Waals surface area contributed by atoms with E-state index >= 15 is 0 Å². The van der Waals surface area contributed by atoms with Gasteiger partial charge >= 0.3 is 0 Å². The van der Waals surface area contributed by atoms with Crippen LogP contribution in [0.5, 0.6) is 0 Å². The Bertz CT molecular complexity index is 170. The van der Waals surface area contributed by atoms with Crippen LogP contribution in [-0.4, -0.2) is 4.43 Å². The third-order valence-corrected chi connectivity index (χ3v) is 3.35. The molecule has 1 heteroatoms. The fourth-order valence-electron chi connectivity index (χ4n) is 1.55. The van der Waals surface area contributed by atoms with Gasteiger partial charge in [-0.2, -0.15) is 0 Å². The van der Waals surface area contributed by atoms with E-state index in [2.05, 4.69) is 53.8 Å². The average Bonchev–Trinajstić information content (AvgIpc) is 2.31. The maximum atomic E-state index is 2.45. The molecule has 0 bridgehead atoms. The van der Waals surface area contributed by atoms with Gasteiger partial charge in [0.15, 0.2) is 0 Å². The van der Waals surface area contributed by atoms with E-state index in [0.29, 0.717) is 0 Å². The molecule has 0 rings (SSSR count). The molecule has 0 atom stereocenters. The average molecular weight is 334 g/mol. The highest BCUT2D eigenvalue weighted by atomic mass is 127. The van der Waals surface area contributed by atoms with Gasteiger partial charge in [-0.3, -0.25) is 0 Å². The van der Waals surface area contributed by atoms with E-state index in [0.717, 1.165) is 6.42 Å². The van der Waals surface area contributed by atoms with Gasteiger partial charge in [0.05, 0.1) is 0 Å². The van der Waals surface area contributed by atoms with Gasteiger partial charge < -0.3 is 0 Å². The Morgan fingerprint density at radius 2 is 1.38 bits per heavy atom. The lowest BCUT2D eigenvalue weighted by molar-refractivity contribution is 0.728. The number of rotatable bonds is 11. The Morgan fingerprint density at radius 1 is 0.750 bits per heavy atom. The lowest BCUT2D eigenvalue weighted by atomic mass is 10.2. The molecule has 0 saturated carbocycles. The predicted molar refractivity (Wildman–Crippen MR) is 84.4 cm³/mol. The summed E-state index contributed by atoms with van der Waals surface area (Å²) in [4.78, 5) is 0. The zero-order chi connectivity index (χ0) is 11.9. The third-order valence-electron chi connectivity index (χ3n) is 2.58. The Labute approximate surface area is 116 Å². The maximum absolute atomic E-state index is 2.45. The number of allylic oxidation sites excluding steroid dienone is 4. The normalized spacial score (nSPS) is 11.9. The van der Waals surface area contributed by atoms with E-state index in [9.17, 15) is 0 Å². The molecule has 0 saturated heterocycles. The van der Waals surface area contributed by atoms with Crippen molar-refractivity contribution in [3.63, 3.8) is 0 Å². The number of unbranched alkanes of at least 4 members (excludes halogenated alkanes) is 6. The second-order valence-corrected chi connectivity index (χ2v) is 5.29. The quantitative estimate of drug-likeness (QED) is 0.186. The van der Waals surface area contributed by atoms with Gasteiger partial charge in [-0.15, -0.1) is 0 Å². The van der Waals surface area contributed by atoms with Crippen LogP contribution in [0.4, 0.5) is 0 Å². The van der Waals surface area contributed by atoms with E-state index < -0.39 is 0 Å². The van der Waals surface area contributed by atoms with Crippen molar-refractivity contribution in [2.75, 3.05) is 4.43 Å². The van der Waals surface area contributed by atoms with Crippen molar-refractivity contribution in [2.45, 2.75) is 64.7 Å². The van der Waals surface area contributed by atoms with Crippen LogP contribution in [0.2, 0.25) is 0 Å². The van der Waals surface area contributed by atoms with Crippen molar-refractivity contribution in [1.29, 1.82) is 0 Å². The fraction of sp³-hybridized carbons (Fsp3) is 0.733. The van der Waals surface area contributed by atoms with E-state index in [1.54, 1.807) is 0 Å². The maximum Gasteiger partial charge on any atom is -0.000473 e. The fourth-order valence-corrected chi connectivity index (χ4v) is 2.09. The first-order chi connectivity index (χ1) is 7.91. The van der Waals surface area contributed by atoms with E-state index in [-0.39, 0.29) is 0 Å². The molecule has 0 unspecified atom stereocenters. The van der Waals surface area contributed by atoms with Crippen molar-refractivity contribution in [3.8, 4) is 0 Å². The molecule has 0 aliphatic carbocycles. The van der Waals surface area contributed by atoms with Crippen molar-refractivity contribution in [2.24, 2.45) is 0 Å². The molecule has 16 heavy (non-hydrogen) atoms. The Kier molecular flexibility index (Phi) is 15.4. The Hall–Kier alpha value is 0.210. The zero-order valence-electron chi connectivity index (χ0n) is 10.8. The number of hydrogen-bond donors (Lipinski definition) is 0. The molecule has 0 amide bonds. The minimum atomic E-state index is 1.12. The van der Waals surface area contributed by atoms with Crippen LogP contribution in [0.1, 0.15) is 64.7 Å². The van der Waals surface area contributed by atoms with Gasteiger partial charge in [-0.25, -0.2) is 0 Å². The molecule has 0 aromatic rings. The summed E-state index contributed by atoms with van der Waals surface area (Å²) in [5, 5.41) is 0. The Balaban J connectivity index is 3.14. The van der Waals surface area contributed by atoms with Gasteiger partial charge in [-0.05, 0) is 43.0 Å². The molecule has 0 aliphatic heterocycles. The second kappa shape index (κ2) is 15.2. The van der Waals surface area contributed by atoms with Crippen LogP contribution in [0.3, 0.4) is 0 Å². The summed E-state index contributed by atoms with van der Waals surface area (Å²) in [6.07, 6.45) is 21.1. The van der Waals surface area contributed by atoms with Crippen molar-refractivity contribution >= 4 is 22.6 Å². The molecule has 0 nitrogen and oxygen atoms in total. The van der Waals surface area contributed by atoms with Crippen LogP contribution in [0.15, 0.2) is 24.3 Å². The van der Waals surface area contributed by atoms with Gasteiger partial charge in [-0.1, -0.05) is 73.1 Å². The summed E-state index contributed by atoms with van der Waals surface area (Å²) in [5.41, 5.74) is 0. The molecule has 0 aromatic heterocycles. The Morgan fingerprint density at radius 3 is 1.94 bits per heavy atom. The van der Waals surface area contributed by atoms with Crippen LogP contribution in [-0.2, 0) is 0 Å². The smallest absolute Gasteiger partial charge is 0.000473 e. The SMILES string of the molecule is CCCCC/C=C\C/C=C\CCCCCI. The molecule has 0 fully saturated rings. The van der Waals surface area contributed by atoms with Gasteiger partial charge in [0.2, 0.25) is 0 Å². The number of halogens is 1. The lowest BCUT2D eigenvalue weighted by Crippen LogP contribution is -1.75. The molecule has 0 aliphatic rings. The number of hydrogen-bond acceptors (Lipinski definition) is 0. The van der Waals surface area contributed by atoms with Crippen LogP contribution in [0, 0.1) is 0 Å². The van der Waals surface area contributed by atoms with Gasteiger partial charge in [0.1, 0.15) is 0 Å². The first-order valence-corrected chi connectivity index (χ1v) is 8.30. The standard InChI is InChI=1S/C15H27I/c1-2-3-4-5-6-7-8-9-10-11-12-13-14-15-16/h6-7,9-10H,2-5,8,11-15H2,1H3/b7-6-,10-9-. The molecule has 0 radical (unpaired) electrons. The van der Waals surface area contributed by atoms with Crippen LogP contribution >= 0.6 is 22.6 Å². The molecule has 0 aromatic carbocycles. The molecule has 0 spiro atoms. The lowest BCUT2D eigenvalue weighted by Gasteiger charge is -1.93. The minimum Gasteiger partial charge on any atom is -0.0882 e.